The monoisotopic (exact) mass is 1230 g/mol. The highest BCUT2D eigenvalue weighted by Crippen LogP contribution is 2.50. The van der Waals surface area contributed by atoms with E-state index in [4.69, 9.17) is 37.9 Å². The van der Waals surface area contributed by atoms with E-state index in [1.165, 1.54) is 119 Å². The topological polar surface area (TPSA) is 86.8 Å². The van der Waals surface area contributed by atoms with Crippen LogP contribution in [0.2, 0.25) is 0 Å². The second-order valence-electron chi connectivity index (χ2n) is 27.5. The zero-order valence-electron chi connectivity index (χ0n) is 58.7. The molecule has 8 unspecified atom stereocenters. The Labute approximate surface area is 542 Å². The fourth-order valence-electron chi connectivity index (χ4n) is 15.2. The highest BCUT2D eigenvalue weighted by atomic mass is 16.5. The number of benzene rings is 4. The van der Waals surface area contributed by atoms with E-state index in [0.29, 0.717) is 23.7 Å². The van der Waals surface area contributed by atoms with Gasteiger partial charge in [-0.05, 0) is 217 Å². The van der Waals surface area contributed by atoms with Gasteiger partial charge in [0.15, 0.2) is 0 Å². The third-order valence-corrected chi connectivity index (χ3v) is 19.7. The molecule has 0 saturated heterocycles. The van der Waals surface area contributed by atoms with Crippen LogP contribution in [0.1, 0.15) is 178 Å². The summed E-state index contributed by atoms with van der Waals surface area (Å²) in [5, 5.41) is 0. The van der Waals surface area contributed by atoms with Gasteiger partial charge >= 0.3 is 0 Å². The lowest BCUT2D eigenvalue weighted by atomic mass is 9.71. The van der Waals surface area contributed by atoms with Crippen molar-refractivity contribution in [3.63, 3.8) is 0 Å². The van der Waals surface area contributed by atoms with E-state index in [1.807, 2.05) is 24.3 Å². The summed E-state index contributed by atoms with van der Waals surface area (Å²) < 4.78 is 48.1. The van der Waals surface area contributed by atoms with Gasteiger partial charge in [-0.25, -0.2) is 0 Å². The summed E-state index contributed by atoms with van der Waals surface area (Å²) in [5.74, 6) is 6.66. The third-order valence-electron chi connectivity index (χ3n) is 19.7. The van der Waals surface area contributed by atoms with Crippen molar-refractivity contribution in [3.8, 4) is 23.0 Å². The molecule has 5 saturated carbocycles. The van der Waals surface area contributed by atoms with E-state index in [1.54, 1.807) is 28.4 Å². The third kappa shape index (κ3) is 20.9. The van der Waals surface area contributed by atoms with Crippen LogP contribution in [-0.2, 0) is 41.4 Å². The van der Waals surface area contributed by atoms with Gasteiger partial charge in [-0.1, -0.05) is 120 Å². The molecule has 0 aliphatic heterocycles. The smallest absolute Gasteiger partial charge is 0.119 e. The molecule has 4 aromatic carbocycles. The first-order valence-corrected chi connectivity index (χ1v) is 34.7. The van der Waals surface area contributed by atoms with Crippen LogP contribution in [0.4, 0.5) is 0 Å². The number of ether oxygens (including phenoxy) is 8. The second-order valence-corrected chi connectivity index (χ2v) is 27.5. The van der Waals surface area contributed by atoms with Crippen LogP contribution in [0.3, 0.4) is 0 Å². The average molecular weight is 1230 g/mol. The van der Waals surface area contributed by atoms with Crippen molar-refractivity contribution in [1.82, 2.24) is 19.6 Å². The molecule has 0 spiro atoms. The molecule has 0 amide bonds. The van der Waals surface area contributed by atoms with Crippen molar-refractivity contribution in [3.05, 3.63) is 119 Å². The van der Waals surface area contributed by atoms with Crippen molar-refractivity contribution in [2.24, 2.45) is 29.6 Å². The summed E-state index contributed by atoms with van der Waals surface area (Å²) >= 11 is 0. The fourth-order valence-corrected chi connectivity index (χ4v) is 15.2. The largest absolute Gasteiger partial charge is 0.497 e. The number of methoxy groups -OCH3 is 4. The van der Waals surface area contributed by atoms with Crippen molar-refractivity contribution in [2.45, 2.75) is 178 Å². The van der Waals surface area contributed by atoms with Gasteiger partial charge in [0, 0.05) is 69.7 Å². The van der Waals surface area contributed by atoms with E-state index < -0.39 is 0 Å². The first-order valence-electron chi connectivity index (χ1n) is 34.7. The van der Waals surface area contributed by atoms with Crippen LogP contribution in [0.25, 0.3) is 0 Å². The Morgan fingerprint density at radius 3 is 0.933 bits per heavy atom. The van der Waals surface area contributed by atoms with E-state index in [0.717, 1.165) is 120 Å². The predicted octanol–water partition coefficient (Wildman–Crippen LogP) is 16.3. The molecule has 500 valence electrons. The minimum Gasteiger partial charge on any atom is -0.497 e. The van der Waals surface area contributed by atoms with E-state index in [2.05, 4.69) is 170 Å². The molecule has 0 aromatic heterocycles. The minimum absolute atomic E-state index is 0.139. The first-order chi connectivity index (χ1) is 43.0. The van der Waals surface area contributed by atoms with Gasteiger partial charge in [-0.3, -0.25) is 0 Å². The van der Waals surface area contributed by atoms with Gasteiger partial charge in [-0.2, -0.15) is 0 Å². The molecule has 8 atom stereocenters. The van der Waals surface area contributed by atoms with Gasteiger partial charge in [-0.15, -0.1) is 0 Å². The highest BCUT2D eigenvalue weighted by molar-refractivity contribution is 5.37. The summed E-state index contributed by atoms with van der Waals surface area (Å²) in [4.78, 5) is 9.18. The Morgan fingerprint density at radius 1 is 0.360 bits per heavy atom. The van der Waals surface area contributed by atoms with Crippen molar-refractivity contribution in [1.29, 1.82) is 0 Å². The summed E-state index contributed by atoms with van der Waals surface area (Å²) in [7, 11) is 24.2. The van der Waals surface area contributed by atoms with Crippen molar-refractivity contribution in [2.75, 3.05) is 137 Å². The maximum Gasteiger partial charge on any atom is 0.119 e. The van der Waals surface area contributed by atoms with Gasteiger partial charge in [0.1, 0.15) is 23.0 Å². The quantitative estimate of drug-likeness (QED) is 0.0508. The molecular weight excluding hydrogens is 1110 g/mol. The molecule has 5 fully saturated rings. The van der Waals surface area contributed by atoms with Crippen LogP contribution in [0.5, 0.6) is 23.0 Å². The van der Waals surface area contributed by atoms with Crippen LogP contribution in [-0.4, -0.2) is 157 Å². The zero-order chi connectivity index (χ0) is 64.3. The highest BCUT2D eigenvalue weighted by Gasteiger charge is 2.47. The Morgan fingerprint density at radius 2 is 0.663 bits per heavy atom. The lowest BCUT2D eigenvalue weighted by molar-refractivity contribution is -0.124. The van der Waals surface area contributed by atoms with Crippen LogP contribution < -0.4 is 18.9 Å². The average Bonchev–Trinajstić information content (AvgIpc) is 1.61. The van der Waals surface area contributed by atoms with Crippen LogP contribution in [0, 0.1) is 29.6 Å². The van der Waals surface area contributed by atoms with Gasteiger partial charge in [0.25, 0.3) is 0 Å². The lowest BCUT2D eigenvalue weighted by Crippen LogP contribution is -2.45. The van der Waals surface area contributed by atoms with E-state index in [-0.39, 0.29) is 22.4 Å². The summed E-state index contributed by atoms with van der Waals surface area (Å²) in [6, 6.07) is 34.0. The SMILES string of the molecule is CCCCOC1(c2cccc(OC)c2)CCCCC1CN(C)C.CCCOC1(c2cccc(OC)c2)CCCCC1CN(C)C.CCOC1(c2cccc(OC)c2)CCCCC1CN(C)C.COc1cccc(C2(OCC3CC3)CCCCC2CN(C)C)c1. The first kappa shape index (κ1) is 73.8. The second kappa shape index (κ2) is 37.5. The fraction of sp³-hybridized carbons (Fsp3) is 0.688. The molecule has 9 rings (SSSR count). The lowest BCUT2D eigenvalue weighted by Gasteiger charge is -2.45. The molecule has 89 heavy (non-hydrogen) atoms. The number of hydrogen-bond donors (Lipinski definition) is 0. The van der Waals surface area contributed by atoms with Crippen LogP contribution >= 0.6 is 0 Å². The minimum atomic E-state index is -0.161. The van der Waals surface area contributed by atoms with E-state index in [9.17, 15) is 0 Å². The number of rotatable bonds is 28. The Hall–Kier alpha value is -4.24. The van der Waals surface area contributed by atoms with Crippen molar-refractivity contribution < 1.29 is 37.9 Å². The summed E-state index contributed by atoms with van der Waals surface area (Å²) in [6.07, 6.45) is 25.7. The Balaban J connectivity index is 0.000000189. The summed E-state index contributed by atoms with van der Waals surface area (Å²) in [6.45, 7) is 14.1. The molecule has 0 radical (unpaired) electrons. The molecule has 0 bridgehead atoms. The van der Waals surface area contributed by atoms with Gasteiger partial charge in [0.05, 0.1) is 57.5 Å². The predicted molar refractivity (Wildman–Crippen MR) is 368 cm³/mol. The molecule has 12 nitrogen and oxygen atoms in total. The van der Waals surface area contributed by atoms with Crippen LogP contribution in [0.15, 0.2) is 97.1 Å². The number of hydrogen-bond acceptors (Lipinski definition) is 12. The molecule has 4 aromatic rings. The molecule has 5 aliphatic rings. The maximum atomic E-state index is 6.71. The van der Waals surface area contributed by atoms with E-state index >= 15 is 0 Å². The number of nitrogens with zero attached hydrogens (tertiary/aromatic N) is 4. The Bertz CT molecular complexity index is 2590. The molecule has 0 heterocycles. The standard InChI is InChI=1S/C20H31NO2.C20H33NO2.C19H31NO2.C18H29NO2/c1-21(2)14-18-7-4-5-12-20(18,23-15-16-10-11-16)17-8-6-9-19(13-17)22-3;1-5-6-14-23-20(17-11-9-12-19(15-17)22-4)13-8-7-10-18(20)16-21(2)3;1-5-13-22-19(16-10-8-11-18(14-16)21-4)12-7-6-9-17(19)15-20(2)3;1-5-21-18(15-10-8-11-17(13-15)20-4)12-7-6-9-16(18)14-19(2)3/h6,8-9,13,16,18H,4-5,7,10-12,14-15H2,1-3H3;9,11-12,15,18H,5-8,10,13-14,16H2,1-4H3;8,10-11,14,17H,5-7,9,12-13,15H2,1-4H3;8,10-11,13,16H,5-7,9,12,14H2,1-4H3. The number of unbranched alkanes of at least 4 members (excludes halogenated alkanes) is 1. The summed E-state index contributed by atoms with van der Waals surface area (Å²) in [5.41, 5.74) is 4.54. The van der Waals surface area contributed by atoms with Gasteiger partial charge in [0.2, 0.25) is 0 Å². The molecular formula is C77H124N4O8. The van der Waals surface area contributed by atoms with Gasteiger partial charge < -0.3 is 57.5 Å². The molecule has 5 aliphatic carbocycles. The maximum absolute atomic E-state index is 6.71. The molecule has 0 N–H and O–H groups in total. The molecule has 12 heteroatoms. The zero-order valence-corrected chi connectivity index (χ0v) is 58.7. The Kier molecular flexibility index (Phi) is 31.1. The van der Waals surface area contributed by atoms with Crippen molar-refractivity contribution >= 4 is 0 Å². The normalized spacial score (nSPS) is 26.1.